The van der Waals surface area contributed by atoms with Crippen molar-refractivity contribution < 1.29 is 0 Å². The number of aryl methyl sites for hydroxylation is 1. The first-order valence-corrected chi connectivity index (χ1v) is 6.12. The highest BCUT2D eigenvalue weighted by Crippen LogP contribution is 2.23. The highest BCUT2D eigenvalue weighted by atomic mass is 35.5. The normalized spacial score (nSPS) is 13.0. The predicted octanol–water partition coefficient (Wildman–Crippen LogP) is 3.00. The van der Waals surface area contributed by atoms with E-state index in [1.54, 1.807) is 23.9 Å². The van der Waals surface area contributed by atoms with Crippen LogP contribution in [0.25, 0.3) is 0 Å². The highest BCUT2D eigenvalue weighted by Gasteiger charge is 2.13. The third kappa shape index (κ3) is 2.06. The fraction of sp³-hybridized carbons (Fsp3) is 0.400. The molecule has 0 amide bonds. The van der Waals surface area contributed by atoms with Crippen molar-refractivity contribution in [2.24, 2.45) is 0 Å². The fourth-order valence-electron chi connectivity index (χ4n) is 1.47. The third-order valence-corrected chi connectivity index (χ3v) is 3.70. The van der Waals surface area contributed by atoms with E-state index in [4.69, 9.17) is 11.6 Å². The summed E-state index contributed by atoms with van der Waals surface area (Å²) in [7, 11) is 0. The van der Waals surface area contributed by atoms with E-state index in [1.807, 2.05) is 6.92 Å². The van der Waals surface area contributed by atoms with Crippen molar-refractivity contribution in [1.29, 1.82) is 0 Å². The van der Waals surface area contributed by atoms with Gasteiger partial charge in [0.1, 0.15) is 5.01 Å². The van der Waals surface area contributed by atoms with Gasteiger partial charge in [0.25, 0.3) is 0 Å². The van der Waals surface area contributed by atoms with Crippen LogP contribution in [-0.4, -0.2) is 14.5 Å². The average molecular weight is 242 g/mol. The lowest BCUT2D eigenvalue weighted by atomic mass is 10.3. The molecule has 0 saturated carbocycles. The SMILES string of the molecule is Cc1csc(C(C)n2cncc2CCl)n1. The van der Waals surface area contributed by atoms with Gasteiger partial charge in [-0.25, -0.2) is 9.97 Å². The molecule has 1 atom stereocenters. The molecular formula is C10H12ClN3S. The molecule has 2 heterocycles. The smallest absolute Gasteiger partial charge is 0.115 e. The second-order valence-electron chi connectivity index (χ2n) is 3.43. The summed E-state index contributed by atoms with van der Waals surface area (Å²) in [5.74, 6) is 0.481. The Morgan fingerprint density at radius 1 is 1.60 bits per heavy atom. The molecule has 0 saturated heterocycles. The van der Waals surface area contributed by atoms with Crippen LogP contribution in [0.1, 0.15) is 29.4 Å². The summed E-state index contributed by atoms with van der Waals surface area (Å²) in [6, 6.07) is 0.208. The number of thiazole rings is 1. The molecule has 15 heavy (non-hydrogen) atoms. The molecule has 0 spiro atoms. The number of rotatable bonds is 3. The maximum absolute atomic E-state index is 5.83. The standard InChI is InChI=1S/C10H12ClN3S/c1-7-5-15-10(13-7)8(2)14-6-12-4-9(14)3-11/h4-6,8H,3H2,1-2H3. The Labute approximate surface area is 97.8 Å². The van der Waals surface area contributed by atoms with Gasteiger partial charge in [0.2, 0.25) is 0 Å². The Balaban J connectivity index is 2.31. The molecule has 0 fully saturated rings. The quantitative estimate of drug-likeness (QED) is 0.774. The van der Waals surface area contributed by atoms with Crippen molar-refractivity contribution in [1.82, 2.24) is 14.5 Å². The first-order valence-electron chi connectivity index (χ1n) is 4.71. The van der Waals surface area contributed by atoms with Gasteiger partial charge in [-0.05, 0) is 13.8 Å². The lowest BCUT2D eigenvalue weighted by molar-refractivity contribution is 0.615. The first-order chi connectivity index (χ1) is 7.22. The molecule has 0 N–H and O–H groups in total. The van der Waals surface area contributed by atoms with Gasteiger partial charge in [0.05, 0.1) is 23.9 Å². The van der Waals surface area contributed by atoms with Crippen LogP contribution in [0.3, 0.4) is 0 Å². The molecule has 0 aliphatic carbocycles. The van der Waals surface area contributed by atoms with Crippen molar-refractivity contribution in [2.45, 2.75) is 25.8 Å². The summed E-state index contributed by atoms with van der Waals surface area (Å²) >= 11 is 7.50. The van der Waals surface area contributed by atoms with Crippen molar-refractivity contribution in [3.8, 4) is 0 Å². The molecule has 5 heteroatoms. The summed E-state index contributed by atoms with van der Waals surface area (Å²) in [4.78, 5) is 8.57. The lowest BCUT2D eigenvalue weighted by Gasteiger charge is -2.12. The number of halogens is 1. The van der Waals surface area contributed by atoms with Crippen LogP contribution in [-0.2, 0) is 5.88 Å². The second kappa shape index (κ2) is 4.33. The zero-order valence-electron chi connectivity index (χ0n) is 8.64. The molecule has 3 nitrogen and oxygen atoms in total. The molecule has 0 aromatic carbocycles. The minimum absolute atomic E-state index is 0.208. The summed E-state index contributed by atoms with van der Waals surface area (Å²) in [5, 5.41) is 3.15. The first kappa shape index (κ1) is 10.6. The van der Waals surface area contributed by atoms with E-state index in [2.05, 4.69) is 26.8 Å². The molecule has 0 radical (unpaired) electrons. The summed E-state index contributed by atoms with van der Waals surface area (Å²) in [6.07, 6.45) is 3.60. The number of hydrogen-bond acceptors (Lipinski definition) is 3. The van der Waals surface area contributed by atoms with E-state index < -0.39 is 0 Å². The van der Waals surface area contributed by atoms with Crippen LogP contribution in [0.2, 0.25) is 0 Å². The lowest BCUT2D eigenvalue weighted by Crippen LogP contribution is -2.08. The molecule has 0 aliphatic rings. The number of hydrogen-bond donors (Lipinski definition) is 0. The van der Waals surface area contributed by atoms with Crippen LogP contribution in [0.5, 0.6) is 0 Å². The average Bonchev–Trinajstić information content (AvgIpc) is 2.84. The van der Waals surface area contributed by atoms with Gasteiger partial charge in [-0.2, -0.15) is 0 Å². The summed E-state index contributed by atoms with van der Waals surface area (Å²) in [5.41, 5.74) is 2.09. The van der Waals surface area contributed by atoms with E-state index in [1.165, 1.54) is 0 Å². The largest absolute Gasteiger partial charge is 0.324 e. The topological polar surface area (TPSA) is 30.7 Å². The maximum Gasteiger partial charge on any atom is 0.115 e. The van der Waals surface area contributed by atoms with E-state index >= 15 is 0 Å². The molecule has 0 bridgehead atoms. The molecule has 2 aromatic heterocycles. The van der Waals surface area contributed by atoms with Crippen molar-refractivity contribution in [2.75, 3.05) is 0 Å². The van der Waals surface area contributed by atoms with Crippen LogP contribution >= 0.6 is 22.9 Å². The van der Waals surface area contributed by atoms with Gasteiger partial charge in [0.15, 0.2) is 0 Å². The predicted molar refractivity (Wildman–Crippen MR) is 62.4 cm³/mol. The molecule has 2 rings (SSSR count). The van der Waals surface area contributed by atoms with Crippen LogP contribution in [0, 0.1) is 6.92 Å². The number of imidazole rings is 1. The Hall–Kier alpha value is -0.870. The fourth-order valence-corrected chi connectivity index (χ4v) is 2.53. The van der Waals surface area contributed by atoms with Crippen molar-refractivity contribution in [3.63, 3.8) is 0 Å². The summed E-state index contributed by atoms with van der Waals surface area (Å²) in [6.45, 7) is 4.11. The number of nitrogens with zero attached hydrogens (tertiary/aromatic N) is 3. The minimum atomic E-state index is 0.208. The van der Waals surface area contributed by atoms with E-state index in [0.717, 1.165) is 16.4 Å². The van der Waals surface area contributed by atoms with Crippen LogP contribution < -0.4 is 0 Å². The van der Waals surface area contributed by atoms with Gasteiger partial charge >= 0.3 is 0 Å². The van der Waals surface area contributed by atoms with Crippen LogP contribution in [0.4, 0.5) is 0 Å². The third-order valence-electron chi connectivity index (χ3n) is 2.29. The van der Waals surface area contributed by atoms with Gasteiger partial charge in [-0.1, -0.05) is 0 Å². The molecule has 80 valence electrons. The monoisotopic (exact) mass is 241 g/mol. The van der Waals surface area contributed by atoms with Crippen LogP contribution in [0.15, 0.2) is 17.9 Å². The van der Waals surface area contributed by atoms with Gasteiger partial charge < -0.3 is 4.57 Å². The van der Waals surface area contributed by atoms with E-state index in [9.17, 15) is 0 Å². The van der Waals surface area contributed by atoms with E-state index in [-0.39, 0.29) is 6.04 Å². The molecule has 1 unspecified atom stereocenters. The van der Waals surface area contributed by atoms with Crippen molar-refractivity contribution in [3.05, 3.63) is 34.3 Å². The zero-order chi connectivity index (χ0) is 10.8. The van der Waals surface area contributed by atoms with E-state index in [0.29, 0.717) is 5.88 Å². The van der Waals surface area contributed by atoms with Gasteiger partial charge in [-0.15, -0.1) is 22.9 Å². The maximum atomic E-state index is 5.83. The highest BCUT2D eigenvalue weighted by molar-refractivity contribution is 7.09. The Kier molecular flexibility index (Phi) is 3.07. The number of alkyl halides is 1. The molecule has 2 aromatic rings. The van der Waals surface area contributed by atoms with Crippen molar-refractivity contribution >= 4 is 22.9 Å². The molecular weight excluding hydrogens is 230 g/mol. The Morgan fingerprint density at radius 2 is 2.40 bits per heavy atom. The van der Waals surface area contributed by atoms with Gasteiger partial charge in [-0.3, -0.25) is 0 Å². The Morgan fingerprint density at radius 3 is 3.00 bits per heavy atom. The zero-order valence-corrected chi connectivity index (χ0v) is 10.2. The minimum Gasteiger partial charge on any atom is -0.324 e. The summed E-state index contributed by atoms with van der Waals surface area (Å²) < 4.78 is 2.06. The molecule has 0 aliphatic heterocycles. The number of aromatic nitrogens is 3. The van der Waals surface area contributed by atoms with Gasteiger partial charge in [0, 0.05) is 17.3 Å². The Bertz CT molecular complexity index is 449. The second-order valence-corrected chi connectivity index (χ2v) is 4.59.